The third-order valence-electron chi connectivity index (χ3n) is 2.72. The fraction of sp³-hybridized carbons (Fsp3) is 0.0714. The molecule has 0 heterocycles. The number of nitrogens with zero attached hydrogens (tertiary/aromatic N) is 1. The van der Waals surface area contributed by atoms with Gasteiger partial charge in [-0.1, -0.05) is 27.5 Å². The molecule has 0 spiro atoms. The lowest BCUT2D eigenvalue weighted by Crippen LogP contribution is -2.09. The monoisotopic (exact) mass is 369 g/mol. The molecule has 0 fully saturated rings. The lowest BCUT2D eigenvalue weighted by atomic mass is 10.2. The molecule has 0 saturated carbocycles. The molecule has 0 atom stereocenters. The first kappa shape index (κ1) is 15.5. The van der Waals surface area contributed by atoms with Gasteiger partial charge in [0.15, 0.2) is 0 Å². The number of esters is 1. The highest BCUT2D eigenvalue weighted by molar-refractivity contribution is 9.10. The molecule has 21 heavy (non-hydrogen) atoms. The van der Waals surface area contributed by atoms with E-state index in [1.165, 1.54) is 12.1 Å². The van der Waals surface area contributed by atoms with E-state index in [-0.39, 0.29) is 16.3 Å². The van der Waals surface area contributed by atoms with Crippen molar-refractivity contribution in [3.63, 3.8) is 0 Å². The molecular formula is C14H9BrClNO4. The number of nitro groups is 1. The van der Waals surface area contributed by atoms with Crippen LogP contribution in [0.1, 0.15) is 15.9 Å². The molecule has 2 aromatic rings. The minimum Gasteiger partial charge on any atom is -0.423 e. The second-order valence-corrected chi connectivity index (χ2v) is 5.48. The van der Waals surface area contributed by atoms with E-state index in [1.54, 1.807) is 18.2 Å². The zero-order chi connectivity index (χ0) is 15.6. The number of ether oxygens (including phenoxy) is 1. The molecule has 7 heteroatoms. The number of rotatable bonds is 3. The Kier molecular flexibility index (Phi) is 4.59. The van der Waals surface area contributed by atoms with Crippen molar-refractivity contribution in [3.05, 3.63) is 67.1 Å². The van der Waals surface area contributed by atoms with E-state index >= 15 is 0 Å². The van der Waals surface area contributed by atoms with Crippen LogP contribution in [-0.2, 0) is 0 Å². The Morgan fingerprint density at radius 3 is 2.57 bits per heavy atom. The molecule has 0 saturated heterocycles. The molecule has 0 N–H and O–H groups in total. The predicted octanol–water partition coefficient (Wildman–Crippen LogP) is 4.54. The van der Waals surface area contributed by atoms with E-state index in [1.807, 2.05) is 6.92 Å². The number of benzene rings is 2. The number of carbonyl (C=O) groups excluding carboxylic acids is 1. The average Bonchev–Trinajstić information content (AvgIpc) is 2.42. The summed E-state index contributed by atoms with van der Waals surface area (Å²) in [7, 11) is 0. The minimum absolute atomic E-state index is 0.0250. The van der Waals surface area contributed by atoms with Gasteiger partial charge in [0.05, 0.1) is 15.5 Å². The second-order valence-electron chi connectivity index (χ2n) is 4.22. The lowest BCUT2D eigenvalue weighted by molar-refractivity contribution is -0.384. The Morgan fingerprint density at radius 1 is 1.29 bits per heavy atom. The fourth-order valence-electron chi connectivity index (χ4n) is 1.63. The van der Waals surface area contributed by atoms with Gasteiger partial charge in [-0.3, -0.25) is 10.1 Å². The third kappa shape index (κ3) is 3.59. The third-order valence-corrected chi connectivity index (χ3v) is 3.93. The molecule has 0 amide bonds. The standard InChI is InChI=1S/C14H9BrClNO4/c1-8-6-10(3-5-12(8)15)21-14(18)11-4-2-9(17(19)20)7-13(11)16/h2-7H,1H3. The Hall–Kier alpha value is -1.92. The molecule has 0 bridgehead atoms. The molecule has 2 rings (SSSR count). The van der Waals surface area contributed by atoms with Crippen LogP contribution >= 0.6 is 27.5 Å². The Balaban J connectivity index is 2.24. The number of halogens is 2. The summed E-state index contributed by atoms with van der Waals surface area (Å²) in [6, 6.07) is 8.68. The van der Waals surface area contributed by atoms with E-state index < -0.39 is 10.9 Å². The summed E-state index contributed by atoms with van der Waals surface area (Å²) in [6.45, 7) is 1.86. The Labute approximate surface area is 133 Å². The highest BCUT2D eigenvalue weighted by Gasteiger charge is 2.17. The van der Waals surface area contributed by atoms with Crippen molar-refractivity contribution < 1.29 is 14.5 Å². The summed E-state index contributed by atoms with van der Waals surface area (Å²) < 4.78 is 6.10. The maximum atomic E-state index is 12.0. The summed E-state index contributed by atoms with van der Waals surface area (Å²) in [5.41, 5.74) is 0.800. The van der Waals surface area contributed by atoms with E-state index in [0.717, 1.165) is 16.1 Å². The van der Waals surface area contributed by atoms with Gasteiger partial charge in [-0.2, -0.15) is 0 Å². The Morgan fingerprint density at radius 2 is 2.00 bits per heavy atom. The molecule has 108 valence electrons. The van der Waals surface area contributed by atoms with Crippen molar-refractivity contribution in [2.75, 3.05) is 0 Å². The summed E-state index contributed by atoms with van der Waals surface area (Å²) in [6.07, 6.45) is 0. The van der Waals surface area contributed by atoms with Gasteiger partial charge < -0.3 is 4.74 Å². The largest absolute Gasteiger partial charge is 0.423 e. The quantitative estimate of drug-likeness (QED) is 0.344. The second kappa shape index (κ2) is 6.24. The number of non-ortho nitro benzene ring substituents is 1. The highest BCUT2D eigenvalue weighted by Crippen LogP contribution is 2.25. The SMILES string of the molecule is Cc1cc(OC(=O)c2ccc([N+](=O)[O-])cc2Cl)ccc1Br. The Bertz CT molecular complexity index is 733. The predicted molar refractivity (Wildman–Crippen MR) is 81.9 cm³/mol. The maximum Gasteiger partial charge on any atom is 0.345 e. The molecule has 0 radical (unpaired) electrons. The molecule has 0 unspecified atom stereocenters. The molecule has 2 aromatic carbocycles. The molecule has 0 aromatic heterocycles. The number of carbonyl (C=O) groups is 1. The first-order valence-corrected chi connectivity index (χ1v) is 6.98. The molecule has 5 nitrogen and oxygen atoms in total. The van der Waals surface area contributed by atoms with Crippen molar-refractivity contribution in [2.24, 2.45) is 0 Å². The van der Waals surface area contributed by atoms with Gasteiger partial charge in [0.2, 0.25) is 0 Å². The summed E-state index contributed by atoms with van der Waals surface area (Å²) in [5, 5.41) is 10.6. The molecule has 0 aliphatic rings. The van der Waals surface area contributed by atoms with Crippen LogP contribution in [0.4, 0.5) is 5.69 Å². The van der Waals surface area contributed by atoms with Crippen LogP contribution < -0.4 is 4.74 Å². The number of nitro benzene ring substituents is 1. The van der Waals surface area contributed by atoms with Crippen molar-refractivity contribution in [2.45, 2.75) is 6.92 Å². The van der Waals surface area contributed by atoms with E-state index in [0.29, 0.717) is 5.75 Å². The van der Waals surface area contributed by atoms with Crippen molar-refractivity contribution in [1.82, 2.24) is 0 Å². The zero-order valence-electron chi connectivity index (χ0n) is 10.8. The van der Waals surface area contributed by atoms with Crippen LogP contribution in [-0.4, -0.2) is 10.9 Å². The number of hydrogen-bond acceptors (Lipinski definition) is 4. The molecule has 0 aliphatic heterocycles. The van der Waals surface area contributed by atoms with Crippen molar-refractivity contribution in [3.8, 4) is 5.75 Å². The van der Waals surface area contributed by atoms with Gasteiger partial charge in [-0.05, 0) is 36.8 Å². The molecular weight excluding hydrogens is 362 g/mol. The first-order valence-electron chi connectivity index (χ1n) is 5.81. The van der Waals surface area contributed by atoms with Gasteiger partial charge in [0, 0.05) is 16.6 Å². The van der Waals surface area contributed by atoms with Gasteiger partial charge in [0.25, 0.3) is 5.69 Å². The lowest BCUT2D eigenvalue weighted by Gasteiger charge is -2.07. The number of aryl methyl sites for hydroxylation is 1. The average molecular weight is 371 g/mol. The van der Waals surface area contributed by atoms with Gasteiger partial charge in [-0.15, -0.1) is 0 Å². The van der Waals surface area contributed by atoms with Gasteiger partial charge in [0.1, 0.15) is 5.75 Å². The van der Waals surface area contributed by atoms with Crippen LogP contribution in [0.2, 0.25) is 5.02 Å². The van der Waals surface area contributed by atoms with Crippen molar-refractivity contribution >= 4 is 39.2 Å². The van der Waals surface area contributed by atoms with Crippen LogP contribution in [0.5, 0.6) is 5.75 Å². The smallest absolute Gasteiger partial charge is 0.345 e. The maximum absolute atomic E-state index is 12.0. The van der Waals surface area contributed by atoms with Gasteiger partial charge >= 0.3 is 5.97 Å². The fourth-order valence-corrected chi connectivity index (χ4v) is 2.12. The normalized spacial score (nSPS) is 10.2. The van der Waals surface area contributed by atoms with Crippen LogP contribution in [0, 0.1) is 17.0 Å². The zero-order valence-corrected chi connectivity index (χ0v) is 13.1. The number of hydrogen-bond donors (Lipinski definition) is 0. The van der Waals surface area contributed by atoms with Crippen LogP contribution in [0.15, 0.2) is 40.9 Å². The topological polar surface area (TPSA) is 69.4 Å². The highest BCUT2D eigenvalue weighted by atomic mass is 79.9. The first-order chi connectivity index (χ1) is 9.88. The van der Waals surface area contributed by atoms with E-state index in [4.69, 9.17) is 16.3 Å². The minimum atomic E-state index is -0.670. The van der Waals surface area contributed by atoms with Crippen LogP contribution in [0.3, 0.4) is 0 Å². The van der Waals surface area contributed by atoms with Gasteiger partial charge in [-0.25, -0.2) is 4.79 Å². The van der Waals surface area contributed by atoms with Crippen LogP contribution in [0.25, 0.3) is 0 Å². The summed E-state index contributed by atoms with van der Waals surface area (Å²) in [5.74, 6) is -0.299. The summed E-state index contributed by atoms with van der Waals surface area (Å²) in [4.78, 5) is 22.1. The molecule has 0 aliphatic carbocycles. The van der Waals surface area contributed by atoms with E-state index in [9.17, 15) is 14.9 Å². The van der Waals surface area contributed by atoms with Crippen molar-refractivity contribution in [1.29, 1.82) is 0 Å². The summed E-state index contributed by atoms with van der Waals surface area (Å²) >= 11 is 9.23. The van der Waals surface area contributed by atoms with E-state index in [2.05, 4.69) is 15.9 Å².